The Kier molecular flexibility index (Phi) is 4.33. The average molecular weight is 248 g/mol. The van der Waals surface area contributed by atoms with E-state index in [9.17, 15) is 4.79 Å². The second kappa shape index (κ2) is 5.98. The van der Waals surface area contributed by atoms with Crippen LogP contribution in [0.25, 0.3) is 0 Å². The number of primary amides is 1. The van der Waals surface area contributed by atoms with Gasteiger partial charge in [0.05, 0.1) is 6.10 Å². The maximum Gasteiger partial charge on any atom is 0.248 e. The Morgan fingerprint density at radius 3 is 2.78 bits per heavy atom. The number of aryl methyl sites for hydroxylation is 1. The Hall–Kier alpha value is -1.39. The molecule has 1 aromatic rings. The van der Waals surface area contributed by atoms with Crippen LogP contribution in [0, 0.1) is 6.92 Å². The van der Waals surface area contributed by atoms with Crippen molar-refractivity contribution in [3.8, 4) is 0 Å². The monoisotopic (exact) mass is 248 g/mol. The highest BCUT2D eigenvalue weighted by molar-refractivity contribution is 5.93. The molecular formula is C14H20N2O2. The van der Waals surface area contributed by atoms with E-state index in [-0.39, 0.29) is 5.91 Å². The van der Waals surface area contributed by atoms with Crippen LogP contribution in [0.5, 0.6) is 0 Å². The average Bonchev–Trinajstić information content (AvgIpc) is 2.84. The molecule has 2 rings (SSSR count). The van der Waals surface area contributed by atoms with Gasteiger partial charge in [-0.1, -0.05) is 18.9 Å². The summed E-state index contributed by atoms with van der Waals surface area (Å²) in [5, 5.41) is 0. The van der Waals surface area contributed by atoms with E-state index in [0.717, 1.165) is 24.0 Å². The summed E-state index contributed by atoms with van der Waals surface area (Å²) < 4.78 is 0. The fraction of sp³-hybridized carbons (Fsp3) is 0.500. The molecule has 4 nitrogen and oxygen atoms in total. The zero-order chi connectivity index (χ0) is 13.0. The van der Waals surface area contributed by atoms with E-state index in [0.29, 0.717) is 18.2 Å². The highest BCUT2D eigenvalue weighted by Gasteiger charge is 2.15. The molecule has 1 aromatic carbocycles. The van der Waals surface area contributed by atoms with Crippen LogP contribution in [0.1, 0.15) is 47.2 Å². The minimum absolute atomic E-state index is 0.357. The van der Waals surface area contributed by atoms with Crippen molar-refractivity contribution in [2.75, 3.05) is 0 Å². The number of amides is 1. The van der Waals surface area contributed by atoms with Crippen molar-refractivity contribution in [1.82, 2.24) is 5.48 Å². The summed E-state index contributed by atoms with van der Waals surface area (Å²) in [5.41, 5.74) is 11.0. The summed E-state index contributed by atoms with van der Waals surface area (Å²) in [6.07, 6.45) is 5.17. The molecule has 1 fully saturated rings. The van der Waals surface area contributed by atoms with Gasteiger partial charge in [-0.25, -0.2) is 0 Å². The normalized spacial score (nSPS) is 16.1. The molecule has 0 radical (unpaired) electrons. The third-order valence-corrected chi connectivity index (χ3v) is 3.44. The summed E-state index contributed by atoms with van der Waals surface area (Å²) in [7, 11) is 0. The zero-order valence-corrected chi connectivity index (χ0v) is 10.7. The van der Waals surface area contributed by atoms with E-state index < -0.39 is 0 Å². The van der Waals surface area contributed by atoms with Crippen molar-refractivity contribution in [3.05, 3.63) is 34.9 Å². The minimum atomic E-state index is -0.389. The first-order valence-electron chi connectivity index (χ1n) is 6.44. The molecule has 0 spiro atoms. The lowest BCUT2D eigenvalue weighted by Crippen LogP contribution is -2.22. The number of hydrogen-bond donors (Lipinski definition) is 2. The van der Waals surface area contributed by atoms with E-state index in [1.807, 2.05) is 19.1 Å². The number of benzene rings is 1. The predicted octanol–water partition coefficient (Wildman–Crippen LogP) is 2.06. The van der Waals surface area contributed by atoms with Gasteiger partial charge in [-0.05, 0) is 43.0 Å². The van der Waals surface area contributed by atoms with Crippen molar-refractivity contribution in [2.24, 2.45) is 5.73 Å². The van der Waals surface area contributed by atoms with E-state index >= 15 is 0 Å². The number of rotatable bonds is 5. The highest BCUT2D eigenvalue weighted by atomic mass is 16.7. The number of hydroxylamine groups is 1. The Bertz CT molecular complexity index is 426. The molecule has 0 aliphatic heterocycles. The first-order chi connectivity index (χ1) is 8.66. The standard InChI is InChI=1S/C14H20N2O2/c1-10-8-11(14(15)17)6-7-12(10)9-16-18-13-4-2-3-5-13/h6-8,13,16H,2-5,9H2,1H3,(H2,15,17). The van der Waals surface area contributed by atoms with Gasteiger partial charge in [0.15, 0.2) is 0 Å². The predicted molar refractivity (Wildman–Crippen MR) is 69.9 cm³/mol. The zero-order valence-electron chi connectivity index (χ0n) is 10.7. The number of hydrogen-bond acceptors (Lipinski definition) is 3. The largest absolute Gasteiger partial charge is 0.366 e. The number of nitrogens with two attached hydrogens (primary N) is 1. The molecule has 4 heteroatoms. The Morgan fingerprint density at radius 2 is 2.17 bits per heavy atom. The van der Waals surface area contributed by atoms with Gasteiger partial charge < -0.3 is 5.73 Å². The Morgan fingerprint density at radius 1 is 1.44 bits per heavy atom. The van der Waals surface area contributed by atoms with E-state index in [1.165, 1.54) is 12.8 Å². The van der Waals surface area contributed by atoms with Gasteiger partial charge in [-0.2, -0.15) is 5.48 Å². The molecule has 0 saturated heterocycles. The number of carbonyl (C=O) groups is 1. The minimum Gasteiger partial charge on any atom is -0.366 e. The molecule has 0 aromatic heterocycles. The van der Waals surface area contributed by atoms with Crippen molar-refractivity contribution in [1.29, 1.82) is 0 Å². The van der Waals surface area contributed by atoms with Crippen LogP contribution in [0.4, 0.5) is 0 Å². The molecule has 98 valence electrons. The van der Waals surface area contributed by atoms with E-state index in [1.54, 1.807) is 6.07 Å². The van der Waals surface area contributed by atoms with Gasteiger partial charge in [-0.15, -0.1) is 0 Å². The van der Waals surface area contributed by atoms with Gasteiger partial charge in [0.2, 0.25) is 5.91 Å². The fourth-order valence-corrected chi connectivity index (χ4v) is 2.29. The maximum atomic E-state index is 11.0. The first kappa shape index (κ1) is 13.1. The Labute approximate surface area is 107 Å². The second-order valence-corrected chi connectivity index (χ2v) is 4.85. The fourth-order valence-electron chi connectivity index (χ4n) is 2.29. The molecule has 0 bridgehead atoms. The molecule has 0 atom stereocenters. The molecule has 1 aliphatic rings. The van der Waals surface area contributed by atoms with Crippen LogP contribution in [-0.2, 0) is 11.4 Å². The van der Waals surface area contributed by atoms with Crippen LogP contribution in [-0.4, -0.2) is 12.0 Å². The second-order valence-electron chi connectivity index (χ2n) is 4.85. The van der Waals surface area contributed by atoms with E-state index in [2.05, 4.69) is 5.48 Å². The number of nitrogens with one attached hydrogen (secondary N) is 1. The molecule has 1 aliphatic carbocycles. The molecular weight excluding hydrogens is 228 g/mol. The Balaban J connectivity index is 1.87. The van der Waals surface area contributed by atoms with Crippen LogP contribution in [0.2, 0.25) is 0 Å². The molecule has 1 amide bonds. The SMILES string of the molecule is Cc1cc(C(N)=O)ccc1CNOC1CCCC1. The third kappa shape index (κ3) is 3.31. The maximum absolute atomic E-state index is 11.0. The number of carbonyl (C=O) groups excluding carboxylic acids is 1. The van der Waals surface area contributed by atoms with Gasteiger partial charge >= 0.3 is 0 Å². The molecule has 18 heavy (non-hydrogen) atoms. The topological polar surface area (TPSA) is 64.4 Å². The van der Waals surface area contributed by atoms with Crippen LogP contribution >= 0.6 is 0 Å². The van der Waals surface area contributed by atoms with Crippen LogP contribution < -0.4 is 11.2 Å². The summed E-state index contributed by atoms with van der Waals surface area (Å²) in [4.78, 5) is 16.6. The quantitative estimate of drug-likeness (QED) is 0.784. The molecule has 1 saturated carbocycles. The van der Waals surface area contributed by atoms with Crippen molar-refractivity contribution in [2.45, 2.75) is 45.3 Å². The summed E-state index contributed by atoms with van der Waals surface area (Å²) in [6, 6.07) is 5.48. The van der Waals surface area contributed by atoms with Gasteiger partial charge in [-0.3, -0.25) is 9.63 Å². The molecule has 0 heterocycles. The summed E-state index contributed by atoms with van der Waals surface area (Å²) in [5.74, 6) is -0.389. The van der Waals surface area contributed by atoms with E-state index in [4.69, 9.17) is 10.6 Å². The highest BCUT2D eigenvalue weighted by Crippen LogP contribution is 2.20. The first-order valence-corrected chi connectivity index (χ1v) is 6.44. The lowest BCUT2D eigenvalue weighted by Gasteiger charge is -2.13. The van der Waals surface area contributed by atoms with Crippen LogP contribution in [0.15, 0.2) is 18.2 Å². The van der Waals surface area contributed by atoms with Gasteiger partial charge in [0.1, 0.15) is 0 Å². The van der Waals surface area contributed by atoms with Crippen LogP contribution in [0.3, 0.4) is 0 Å². The summed E-state index contributed by atoms with van der Waals surface area (Å²) in [6.45, 7) is 2.63. The lowest BCUT2D eigenvalue weighted by molar-refractivity contribution is -0.0244. The van der Waals surface area contributed by atoms with Crippen molar-refractivity contribution >= 4 is 5.91 Å². The van der Waals surface area contributed by atoms with Crippen molar-refractivity contribution < 1.29 is 9.63 Å². The summed E-state index contributed by atoms with van der Waals surface area (Å²) >= 11 is 0. The smallest absolute Gasteiger partial charge is 0.248 e. The third-order valence-electron chi connectivity index (χ3n) is 3.44. The lowest BCUT2D eigenvalue weighted by atomic mass is 10.1. The molecule has 3 N–H and O–H groups in total. The van der Waals surface area contributed by atoms with Gasteiger partial charge in [0.25, 0.3) is 0 Å². The van der Waals surface area contributed by atoms with Crippen molar-refractivity contribution in [3.63, 3.8) is 0 Å². The molecule has 0 unspecified atom stereocenters. The van der Waals surface area contributed by atoms with Gasteiger partial charge in [0, 0.05) is 12.1 Å².